The van der Waals surface area contributed by atoms with Crippen LogP contribution in [-0.4, -0.2) is 85.6 Å². The first-order valence-electron chi connectivity index (χ1n) is 11.2. The second kappa shape index (κ2) is 13.1. The van der Waals surface area contributed by atoms with Crippen molar-refractivity contribution in [3.8, 4) is 5.88 Å². The molecule has 0 unspecified atom stereocenters. The highest BCUT2D eigenvalue weighted by Crippen LogP contribution is 2.36. The van der Waals surface area contributed by atoms with E-state index in [1.54, 1.807) is 12.3 Å². The average molecular weight is 574 g/mol. The van der Waals surface area contributed by atoms with E-state index in [2.05, 4.69) is 15.0 Å². The number of alkyl halides is 6. The van der Waals surface area contributed by atoms with Gasteiger partial charge in [-0.2, -0.15) is 31.4 Å². The van der Waals surface area contributed by atoms with Crippen molar-refractivity contribution in [1.29, 1.82) is 0 Å². The van der Waals surface area contributed by atoms with E-state index in [4.69, 9.17) is 29.3 Å². The summed E-state index contributed by atoms with van der Waals surface area (Å²) in [5.74, 6) is -5.87. The third kappa shape index (κ3) is 10.3. The molecular weight excluding hydrogens is 549 g/mol. The van der Waals surface area contributed by atoms with Crippen LogP contribution in [0.5, 0.6) is 5.88 Å². The van der Waals surface area contributed by atoms with Crippen LogP contribution in [0.3, 0.4) is 0 Å². The van der Waals surface area contributed by atoms with Crippen LogP contribution in [0.25, 0.3) is 0 Å². The number of carboxylic acids is 2. The normalized spacial score (nSPS) is 21.4. The van der Waals surface area contributed by atoms with Gasteiger partial charge in [0.15, 0.2) is 5.82 Å². The summed E-state index contributed by atoms with van der Waals surface area (Å²) >= 11 is 0. The lowest BCUT2D eigenvalue weighted by molar-refractivity contribution is -0.193. The lowest BCUT2D eigenvalue weighted by Crippen LogP contribution is -2.47. The van der Waals surface area contributed by atoms with Gasteiger partial charge in [0.2, 0.25) is 0 Å². The second-order valence-electron chi connectivity index (χ2n) is 8.67. The Balaban J connectivity index is 0.000000317. The fourth-order valence-electron chi connectivity index (χ4n) is 3.92. The molecule has 2 saturated heterocycles. The molecule has 2 N–H and O–H groups in total. The Labute approximate surface area is 216 Å². The van der Waals surface area contributed by atoms with Crippen molar-refractivity contribution >= 4 is 11.9 Å². The maximum absolute atomic E-state index is 13.7. The number of hydrogen-bond acceptors (Lipinski definition) is 7. The predicted molar refractivity (Wildman–Crippen MR) is 117 cm³/mol. The minimum atomic E-state index is -5.08. The molecule has 1 spiro atoms. The van der Waals surface area contributed by atoms with Gasteiger partial charge < -0.3 is 19.7 Å². The highest BCUT2D eigenvalue weighted by Gasteiger charge is 2.44. The Kier molecular flexibility index (Phi) is 10.6. The summed E-state index contributed by atoms with van der Waals surface area (Å²) in [6.45, 7) is 3.28. The van der Waals surface area contributed by atoms with Crippen LogP contribution >= 0.6 is 0 Å². The summed E-state index contributed by atoms with van der Waals surface area (Å²) < 4.78 is 90.9. The van der Waals surface area contributed by atoms with Gasteiger partial charge >= 0.3 is 24.3 Å². The van der Waals surface area contributed by atoms with Crippen molar-refractivity contribution in [2.24, 2.45) is 7.05 Å². The summed E-state index contributed by atoms with van der Waals surface area (Å²) in [6, 6.07) is 2.93. The standard InChI is InChI=1S/C18H23FN4O2.2C2HF3O2/c1-22-10-14(9-21-22)11-23-7-3-5-18(13-23)8-15(12-24-18)25-17-16(19)4-2-6-20-17;2*3-2(4,5)1(6)7/h2,4,6,9-10,15H,3,5,7-8,11-13H2,1H3;2*(H,6,7)/t15-,18-;;/m0../s1. The second-order valence-corrected chi connectivity index (χ2v) is 8.67. The van der Waals surface area contributed by atoms with Crippen LogP contribution in [0.2, 0.25) is 0 Å². The molecule has 2 aromatic heterocycles. The summed E-state index contributed by atoms with van der Waals surface area (Å²) in [7, 11) is 1.93. The molecule has 2 fully saturated rings. The number of ether oxygens (including phenoxy) is 2. The number of aryl methyl sites for hydroxylation is 1. The van der Waals surface area contributed by atoms with Crippen LogP contribution in [0.1, 0.15) is 24.8 Å². The molecule has 0 saturated carbocycles. The van der Waals surface area contributed by atoms with Crippen molar-refractivity contribution in [3.63, 3.8) is 0 Å². The van der Waals surface area contributed by atoms with Crippen molar-refractivity contribution in [1.82, 2.24) is 19.7 Å². The molecule has 0 aliphatic carbocycles. The van der Waals surface area contributed by atoms with Crippen molar-refractivity contribution in [3.05, 3.63) is 42.1 Å². The Morgan fingerprint density at radius 2 is 1.79 bits per heavy atom. The fourth-order valence-corrected chi connectivity index (χ4v) is 3.92. The van der Waals surface area contributed by atoms with Crippen LogP contribution in [0.15, 0.2) is 30.7 Å². The highest BCUT2D eigenvalue weighted by atomic mass is 19.4. The molecule has 4 rings (SSSR count). The van der Waals surface area contributed by atoms with Gasteiger partial charge in [0, 0.05) is 44.5 Å². The van der Waals surface area contributed by atoms with E-state index in [1.165, 1.54) is 11.6 Å². The van der Waals surface area contributed by atoms with Gasteiger partial charge in [0.1, 0.15) is 6.10 Å². The van der Waals surface area contributed by atoms with Crippen molar-refractivity contribution in [2.75, 3.05) is 19.7 Å². The zero-order chi connectivity index (χ0) is 29.4. The number of hydrogen-bond donors (Lipinski definition) is 2. The average Bonchev–Trinajstić information content (AvgIpc) is 3.40. The third-order valence-electron chi connectivity index (χ3n) is 5.45. The summed E-state index contributed by atoms with van der Waals surface area (Å²) in [5, 5.41) is 18.5. The highest BCUT2D eigenvalue weighted by molar-refractivity contribution is 5.73. The maximum Gasteiger partial charge on any atom is 0.490 e. The number of piperidine rings is 1. The van der Waals surface area contributed by atoms with E-state index in [0.717, 1.165) is 38.9 Å². The molecule has 0 bridgehead atoms. The van der Waals surface area contributed by atoms with Gasteiger partial charge in [-0.05, 0) is 31.5 Å². The zero-order valence-electron chi connectivity index (χ0n) is 20.4. The summed E-state index contributed by atoms with van der Waals surface area (Å²) in [6.07, 6.45) is -1.94. The van der Waals surface area contributed by atoms with Crippen molar-refractivity contribution in [2.45, 2.75) is 49.9 Å². The number of aromatic nitrogens is 3. The van der Waals surface area contributed by atoms with E-state index in [9.17, 15) is 30.7 Å². The van der Waals surface area contributed by atoms with Gasteiger partial charge in [-0.3, -0.25) is 9.58 Å². The Morgan fingerprint density at radius 3 is 2.31 bits per heavy atom. The smallest absolute Gasteiger partial charge is 0.475 e. The van der Waals surface area contributed by atoms with Crippen molar-refractivity contribution < 1.29 is 60.0 Å². The van der Waals surface area contributed by atoms with E-state index in [-0.39, 0.29) is 17.6 Å². The van der Waals surface area contributed by atoms with Crippen LogP contribution in [0.4, 0.5) is 30.7 Å². The molecule has 2 aromatic rings. The van der Waals surface area contributed by atoms with Gasteiger partial charge in [-0.25, -0.2) is 19.0 Å². The largest absolute Gasteiger partial charge is 0.490 e. The lowest BCUT2D eigenvalue weighted by atomic mass is 9.89. The molecule has 2 atom stereocenters. The van der Waals surface area contributed by atoms with Gasteiger partial charge in [-0.1, -0.05) is 0 Å². The molecular formula is C22H25F7N4O6. The molecule has 2 aliphatic heterocycles. The number of nitrogens with zero attached hydrogens (tertiary/aromatic N) is 4. The van der Waals surface area contributed by atoms with E-state index < -0.39 is 30.1 Å². The van der Waals surface area contributed by atoms with Gasteiger partial charge in [0.05, 0.1) is 18.4 Å². The first kappa shape index (κ1) is 31.7. The molecule has 0 amide bonds. The van der Waals surface area contributed by atoms with E-state index in [1.807, 2.05) is 24.1 Å². The van der Waals surface area contributed by atoms with Gasteiger partial charge in [0.25, 0.3) is 5.88 Å². The molecule has 0 radical (unpaired) electrons. The van der Waals surface area contributed by atoms with E-state index >= 15 is 0 Å². The van der Waals surface area contributed by atoms with Gasteiger partial charge in [-0.15, -0.1) is 0 Å². The zero-order valence-corrected chi connectivity index (χ0v) is 20.4. The first-order chi connectivity index (χ1) is 18.0. The van der Waals surface area contributed by atoms with Crippen LogP contribution < -0.4 is 4.74 Å². The Hall–Kier alpha value is -3.47. The predicted octanol–water partition coefficient (Wildman–Crippen LogP) is 3.42. The number of halogens is 7. The Morgan fingerprint density at radius 1 is 1.18 bits per heavy atom. The summed E-state index contributed by atoms with van der Waals surface area (Å²) in [4.78, 5) is 24.2. The quantitative estimate of drug-likeness (QED) is 0.528. The third-order valence-corrected chi connectivity index (χ3v) is 5.45. The monoisotopic (exact) mass is 574 g/mol. The maximum atomic E-state index is 13.7. The SMILES string of the molecule is Cn1cc(CN2CCC[C@]3(C[C@H](Oc4ncccc4F)CO3)C2)cn1.O=C(O)C(F)(F)F.O=C(O)C(F)(F)F. The summed E-state index contributed by atoms with van der Waals surface area (Å²) in [5.41, 5.74) is 1.01. The number of carbonyl (C=O) groups is 2. The topological polar surface area (TPSA) is 127 Å². The minimum absolute atomic E-state index is 0.0659. The molecule has 4 heterocycles. The fraction of sp³-hybridized carbons (Fsp3) is 0.545. The molecule has 2 aliphatic rings. The molecule has 17 heteroatoms. The molecule has 0 aromatic carbocycles. The molecule has 10 nitrogen and oxygen atoms in total. The number of likely N-dealkylation sites (tertiary alicyclic amines) is 1. The number of carboxylic acid groups (broad SMARTS) is 2. The lowest BCUT2D eigenvalue weighted by Gasteiger charge is -2.39. The number of rotatable bonds is 4. The number of aliphatic carboxylic acids is 2. The molecule has 39 heavy (non-hydrogen) atoms. The first-order valence-corrected chi connectivity index (χ1v) is 11.2. The number of pyridine rings is 1. The van der Waals surface area contributed by atoms with Crippen LogP contribution in [0, 0.1) is 5.82 Å². The van der Waals surface area contributed by atoms with E-state index in [0.29, 0.717) is 6.61 Å². The van der Waals surface area contributed by atoms with Crippen LogP contribution in [-0.2, 0) is 27.9 Å². The molecule has 218 valence electrons. The Bertz CT molecular complexity index is 1090. The minimum Gasteiger partial charge on any atom is -0.475 e.